The number of rotatable bonds is 5. The van der Waals surface area contributed by atoms with Crippen LogP contribution >= 0.6 is 0 Å². The van der Waals surface area contributed by atoms with Crippen LogP contribution in [-0.4, -0.2) is 16.6 Å². The normalized spacial score (nSPS) is 11.8. The van der Waals surface area contributed by atoms with E-state index in [4.69, 9.17) is 0 Å². The molecule has 0 saturated carbocycles. The Balaban J connectivity index is 2.19. The van der Waals surface area contributed by atoms with Crippen molar-refractivity contribution in [1.82, 2.24) is 4.98 Å². The van der Waals surface area contributed by atoms with Gasteiger partial charge in [-0.2, -0.15) is 0 Å². The third-order valence-electron chi connectivity index (χ3n) is 3.06. The van der Waals surface area contributed by atoms with Crippen LogP contribution in [0.1, 0.15) is 35.2 Å². The van der Waals surface area contributed by atoms with E-state index >= 15 is 0 Å². The SMILES string of the molecule is CC(=O)C(CC(=O)c1ccccc1)c1cccnc1. The highest BCUT2D eigenvalue weighted by molar-refractivity contribution is 5.99. The second kappa shape index (κ2) is 6.05. The van der Waals surface area contributed by atoms with Gasteiger partial charge in [-0.25, -0.2) is 0 Å². The molecule has 0 radical (unpaired) electrons. The summed E-state index contributed by atoms with van der Waals surface area (Å²) in [6, 6.07) is 12.6. The summed E-state index contributed by atoms with van der Waals surface area (Å²) in [5.41, 5.74) is 1.43. The van der Waals surface area contributed by atoms with Crippen LogP contribution in [0.25, 0.3) is 0 Å². The molecule has 0 spiro atoms. The highest BCUT2D eigenvalue weighted by Crippen LogP contribution is 2.22. The summed E-state index contributed by atoms with van der Waals surface area (Å²) in [7, 11) is 0. The van der Waals surface area contributed by atoms with Crippen molar-refractivity contribution < 1.29 is 9.59 Å². The Hall–Kier alpha value is -2.29. The quantitative estimate of drug-likeness (QED) is 0.769. The van der Waals surface area contributed by atoms with Crippen LogP contribution < -0.4 is 0 Å². The van der Waals surface area contributed by atoms with Crippen molar-refractivity contribution in [2.75, 3.05) is 0 Å². The zero-order valence-electron chi connectivity index (χ0n) is 10.7. The van der Waals surface area contributed by atoms with Gasteiger partial charge in [-0.05, 0) is 18.6 Å². The molecular formula is C16H15NO2. The third-order valence-corrected chi connectivity index (χ3v) is 3.06. The Labute approximate surface area is 112 Å². The van der Waals surface area contributed by atoms with Crippen molar-refractivity contribution in [3.8, 4) is 0 Å². The molecule has 0 amide bonds. The first-order valence-corrected chi connectivity index (χ1v) is 6.17. The lowest BCUT2D eigenvalue weighted by molar-refractivity contribution is -0.118. The smallest absolute Gasteiger partial charge is 0.163 e. The van der Waals surface area contributed by atoms with Crippen molar-refractivity contribution >= 4 is 11.6 Å². The molecule has 3 nitrogen and oxygen atoms in total. The summed E-state index contributed by atoms with van der Waals surface area (Å²) >= 11 is 0. The van der Waals surface area contributed by atoms with E-state index in [1.165, 1.54) is 6.92 Å². The second-order valence-electron chi connectivity index (χ2n) is 4.44. The number of benzene rings is 1. The monoisotopic (exact) mass is 253 g/mol. The number of carbonyl (C=O) groups is 2. The Morgan fingerprint density at radius 1 is 1.11 bits per heavy atom. The molecule has 0 N–H and O–H groups in total. The molecular weight excluding hydrogens is 238 g/mol. The van der Waals surface area contributed by atoms with Crippen molar-refractivity contribution in [3.63, 3.8) is 0 Å². The van der Waals surface area contributed by atoms with Gasteiger partial charge in [0.05, 0.1) is 5.92 Å². The Morgan fingerprint density at radius 2 is 1.84 bits per heavy atom. The number of pyridine rings is 1. The molecule has 0 aliphatic rings. The van der Waals surface area contributed by atoms with E-state index in [0.29, 0.717) is 5.56 Å². The Kier molecular flexibility index (Phi) is 4.18. The van der Waals surface area contributed by atoms with E-state index < -0.39 is 5.92 Å². The molecule has 0 fully saturated rings. The second-order valence-corrected chi connectivity index (χ2v) is 4.44. The number of Topliss-reactive ketones (excluding diaryl/α,β-unsaturated/α-hetero) is 2. The van der Waals surface area contributed by atoms with Gasteiger partial charge in [-0.3, -0.25) is 14.6 Å². The lowest BCUT2D eigenvalue weighted by Gasteiger charge is -2.12. The highest BCUT2D eigenvalue weighted by atomic mass is 16.1. The molecule has 1 aromatic carbocycles. The molecule has 1 aromatic heterocycles. The van der Waals surface area contributed by atoms with Gasteiger partial charge in [-0.1, -0.05) is 36.4 Å². The minimum absolute atomic E-state index is 0.0164. The van der Waals surface area contributed by atoms with Gasteiger partial charge < -0.3 is 0 Å². The maximum atomic E-state index is 12.2. The van der Waals surface area contributed by atoms with Gasteiger partial charge >= 0.3 is 0 Å². The van der Waals surface area contributed by atoms with Gasteiger partial charge in [-0.15, -0.1) is 0 Å². The van der Waals surface area contributed by atoms with Crippen LogP contribution in [0.4, 0.5) is 0 Å². The molecule has 3 heteroatoms. The van der Waals surface area contributed by atoms with Crippen molar-refractivity contribution in [1.29, 1.82) is 0 Å². The van der Waals surface area contributed by atoms with E-state index in [-0.39, 0.29) is 18.0 Å². The Bertz CT molecular complexity index is 564. The minimum atomic E-state index is -0.415. The number of aromatic nitrogens is 1. The minimum Gasteiger partial charge on any atom is -0.299 e. The fourth-order valence-corrected chi connectivity index (χ4v) is 2.01. The first-order chi connectivity index (χ1) is 9.18. The molecule has 1 atom stereocenters. The molecule has 96 valence electrons. The van der Waals surface area contributed by atoms with E-state index in [1.807, 2.05) is 24.3 Å². The molecule has 1 heterocycles. The summed E-state index contributed by atoms with van der Waals surface area (Å²) in [5, 5.41) is 0. The van der Waals surface area contributed by atoms with E-state index in [1.54, 1.807) is 30.6 Å². The Morgan fingerprint density at radius 3 is 2.42 bits per heavy atom. The first kappa shape index (κ1) is 13.1. The summed E-state index contributed by atoms with van der Waals surface area (Å²) in [5.74, 6) is -0.455. The predicted molar refractivity (Wildman–Crippen MR) is 73.0 cm³/mol. The summed E-state index contributed by atoms with van der Waals surface area (Å²) < 4.78 is 0. The van der Waals surface area contributed by atoms with Crippen LogP contribution in [0.2, 0.25) is 0 Å². The van der Waals surface area contributed by atoms with Gasteiger partial charge in [0.1, 0.15) is 5.78 Å². The van der Waals surface area contributed by atoms with Gasteiger partial charge in [0.2, 0.25) is 0 Å². The maximum Gasteiger partial charge on any atom is 0.163 e. The zero-order valence-corrected chi connectivity index (χ0v) is 10.7. The average Bonchev–Trinajstić information content (AvgIpc) is 2.46. The predicted octanol–water partition coefficient (Wildman–Crippen LogP) is 3.03. The molecule has 19 heavy (non-hydrogen) atoms. The molecule has 1 unspecified atom stereocenters. The van der Waals surface area contributed by atoms with E-state index in [0.717, 1.165) is 5.56 Å². The highest BCUT2D eigenvalue weighted by Gasteiger charge is 2.21. The molecule has 2 aromatic rings. The van der Waals surface area contributed by atoms with Crippen LogP contribution in [-0.2, 0) is 4.79 Å². The zero-order chi connectivity index (χ0) is 13.7. The first-order valence-electron chi connectivity index (χ1n) is 6.17. The molecule has 0 aliphatic heterocycles. The third kappa shape index (κ3) is 3.35. The van der Waals surface area contributed by atoms with E-state index in [9.17, 15) is 9.59 Å². The van der Waals surface area contributed by atoms with Crippen molar-refractivity contribution in [2.45, 2.75) is 19.3 Å². The lowest BCUT2D eigenvalue weighted by Crippen LogP contribution is -2.14. The largest absolute Gasteiger partial charge is 0.299 e. The molecule has 0 aliphatic carbocycles. The van der Waals surface area contributed by atoms with Crippen molar-refractivity contribution in [3.05, 3.63) is 66.0 Å². The van der Waals surface area contributed by atoms with Crippen molar-refractivity contribution in [2.24, 2.45) is 0 Å². The summed E-state index contributed by atoms with van der Waals surface area (Å²) in [6.45, 7) is 1.51. The summed E-state index contributed by atoms with van der Waals surface area (Å²) in [6.07, 6.45) is 3.48. The van der Waals surface area contributed by atoms with E-state index in [2.05, 4.69) is 4.98 Å². The fraction of sp³-hybridized carbons (Fsp3) is 0.188. The van der Waals surface area contributed by atoms with Crippen LogP contribution in [0.15, 0.2) is 54.9 Å². The van der Waals surface area contributed by atoms with Gasteiger partial charge in [0.15, 0.2) is 5.78 Å². The number of ketones is 2. The molecule has 0 bridgehead atoms. The standard InChI is InChI=1S/C16H15NO2/c1-12(18)15(14-8-5-9-17-11-14)10-16(19)13-6-3-2-4-7-13/h2-9,11,15H,10H2,1H3. The van der Waals surface area contributed by atoms with Crippen LogP contribution in [0.3, 0.4) is 0 Å². The topological polar surface area (TPSA) is 47.0 Å². The maximum absolute atomic E-state index is 12.2. The molecule has 2 rings (SSSR count). The lowest BCUT2D eigenvalue weighted by atomic mass is 9.90. The number of hydrogen-bond acceptors (Lipinski definition) is 3. The number of nitrogens with zero attached hydrogens (tertiary/aromatic N) is 1. The van der Waals surface area contributed by atoms with Crippen LogP contribution in [0, 0.1) is 0 Å². The van der Waals surface area contributed by atoms with Gasteiger partial charge in [0.25, 0.3) is 0 Å². The fourth-order valence-electron chi connectivity index (χ4n) is 2.01. The van der Waals surface area contributed by atoms with Crippen LogP contribution in [0.5, 0.6) is 0 Å². The number of carbonyl (C=O) groups excluding carboxylic acids is 2. The van der Waals surface area contributed by atoms with Gasteiger partial charge in [0, 0.05) is 24.4 Å². The molecule has 0 saturated heterocycles. The summed E-state index contributed by atoms with van der Waals surface area (Å²) in [4.78, 5) is 27.9. The average molecular weight is 253 g/mol. The number of hydrogen-bond donors (Lipinski definition) is 0.